The van der Waals surface area contributed by atoms with Crippen LogP contribution in [-0.4, -0.2) is 60.8 Å². The summed E-state index contributed by atoms with van der Waals surface area (Å²) in [6.07, 6.45) is 0.999. The van der Waals surface area contributed by atoms with Crippen LogP contribution in [0.5, 0.6) is 5.75 Å². The zero-order valence-corrected chi connectivity index (χ0v) is 13.6. The van der Waals surface area contributed by atoms with E-state index in [0.29, 0.717) is 6.04 Å². The summed E-state index contributed by atoms with van der Waals surface area (Å²) in [6, 6.07) is 6.06. The molecule has 1 aliphatic heterocycles. The Hall–Kier alpha value is -0.810. The molecule has 2 rings (SSSR count). The normalized spacial score (nSPS) is 18.7. The summed E-state index contributed by atoms with van der Waals surface area (Å²) >= 11 is 6.08. The number of ether oxygens (including phenoxy) is 1. The summed E-state index contributed by atoms with van der Waals surface area (Å²) in [7, 11) is 1.69. The molecule has 0 amide bonds. The highest BCUT2D eigenvalue weighted by Crippen LogP contribution is 2.24. The molecule has 4 nitrogen and oxygen atoms in total. The zero-order valence-electron chi connectivity index (χ0n) is 12.9. The molecule has 1 N–H and O–H groups in total. The van der Waals surface area contributed by atoms with Gasteiger partial charge in [0.2, 0.25) is 0 Å². The maximum Gasteiger partial charge on any atom is 0.123 e. The Morgan fingerprint density at radius 3 is 2.57 bits per heavy atom. The number of hydrogen-bond acceptors (Lipinski definition) is 4. The molecule has 1 aromatic rings. The number of aliphatic hydroxyl groups excluding tert-OH is 1. The maximum atomic E-state index is 9.39. The average molecular weight is 313 g/mol. The molecule has 0 spiro atoms. The molecule has 5 heteroatoms. The van der Waals surface area contributed by atoms with Gasteiger partial charge in [-0.2, -0.15) is 0 Å². The molecule has 1 aliphatic rings. The Morgan fingerprint density at radius 1 is 1.29 bits per heavy atom. The highest BCUT2D eigenvalue weighted by molar-refractivity contribution is 6.30. The minimum absolute atomic E-state index is 0.249. The molecular weight excluding hydrogens is 288 g/mol. The van der Waals surface area contributed by atoms with Gasteiger partial charge >= 0.3 is 0 Å². The summed E-state index contributed by atoms with van der Waals surface area (Å²) in [6.45, 7) is 7.25. The third-order valence-electron chi connectivity index (χ3n) is 4.24. The molecule has 118 valence electrons. The minimum atomic E-state index is 0.249. The fourth-order valence-corrected chi connectivity index (χ4v) is 3.10. The zero-order chi connectivity index (χ0) is 15.2. The summed E-state index contributed by atoms with van der Waals surface area (Å²) in [5.74, 6) is 0.892. The van der Waals surface area contributed by atoms with Gasteiger partial charge in [0.25, 0.3) is 0 Å². The van der Waals surface area contributed by atoms with Gasteiger partial charge in [0, 0.05) is 49.4 Å². The van der Waals surface area contributed by atoms with Gasteiger partial charge in [-0.3, -0.25) is 9.80 Å². The van der Waals surface area contributed by atoms with E-state index in [0.717, 1.165) is 55.5 Å². The van der Waals surface area contributed by atoms with E-state index >= 15 is 0 Å². The van der Waals surface area contributed by atoms with Crippen molar-refractivity contribution >= 4 is 11.6 Å². The third kappa shape index (κ3) is 4.33. The largest absolute Gasteiger partial charge is 0.496 e. The smallest absolute Gasteiger partial charge is 0.123 e. The van der Waals surface area contributed by atoms with Crippen LogP contribution in [0.2, 0.25) is 5.02 Å². The van der Waals surface area contributed by atoms with Crippen molar-refractivity contribution in [2.45, 2.75) is 25.9 Å². The number of nitrogens with zero attached hydrogens (tertiary/aromatic N) is 2. The number of methoxy groups -OCH3 is 1. The van der Waals surface area contributed by atoms with E-state index in [1.807, 2.05) is 18.2 Å². The Labute approximate surface area is 132 Å². The van der Waals surface area contributed by atoms with E-state index in [1.165, 1.54) is 0 Å². The molecule has 1 heterocycles. The van der Waals surface area contributed by atoms with E-state index < -0.39 is 0 Å². The molecule has 0 aromatic heterocycles. The summed E-state index contributed by atoms with van der Waals surface area (Å²) in [5, 5.41) is 10.1. The number of piperazine rings is 1. The van der Waals surface area contributed by atoms with Crippen LogP contribution in [-0.2, 0) is 6.54 Å². The molecule has 21 heavy (non-hydrogen) atoms. The van der Waals surface area contributed by atoms with Crippen LogP contribution in [0.4, 0.5) is 0 Å². The van der Waals surface area contributed by atoms with Crippen LogP contribution in [0.15, 0.2) is 18.2 Å². The van der Waals surface area contributed by atoms with Crippen molar-refractivity contribution in [2.75, 3.05) is 39.9 Å². The van der Waals surface area contributed by atoms with Crippen LogP contribution in [0, 0.1) is 0 Å². The number of halogens is 1. The van der Waals surface area contributed by atoms with Gasteiger partial charge in [-0.1, -0.05) is 18.5 Å². The van der Waals surface area contributed by atoms with E-state index in [4.69, 9.17) is 16.3 Å². The molecule has 0 bridgehead atoms. The van der Waals surface area contributed by atoms with Crippen LogP contribution >= 0.6 is 11.6 Å². The second-order valence-corrected chi connectivity index (χ2v) is 5.95. The number of hydrogen-bond donors (Lipinski definition) is 1. The minimum Gasteiger partial charge on any atom is -0.496 e. The van der Waals surface area contributed by atoms with Crippen LogP contribution < -0.4 is 4.74 Å². The molecule has 1 saturated heterocycles. The first-order chi connectivity index (χ1) is 10.2. The van der Waals surface area contributed by atoms with Crippen LogP contribution in [0.3, 0.4) is 0 Å². The lowest BCUT2D eigenvalue weighted by atomic mass is 10.1. The van der Waals surface area contributed by atoms with Gasteiger partial charge in [0.1, 0.15) is 5.75 Å². The fraction of sp³-hybridized carbons (Fsp3) is 0.625. The lowest BCUT2D eigenvalue weighted by molar-refractivity contribution is 0.0605. The highest BCUT2D eigenvalue weighted by atomic mass is 35.5. The topological polar surface area (TPSA) is 35.9 Å². The van der Waals surface area contributed by atoms with Crippen LogP contribution in [0.25, 0.3) is 0 Å². The predicted octanol–water partition coefficient (Wildman–Crippen LogP) is 2.24. The molecule has 1 fully saturated rings. The Kier molecular flexibility index (Phi) is 6.30. The molecule has 1 aromatic carbocycles. The maximum absolute atomic E-state index is 9.39. The molecule has 0 aliphatic carbocycles. The van der Waals surface area contributed by atoms with Crippen molar-refractivity contribution < 1.29 is 9.84 Å². The van der Waals surface area contributed by atoms with Gasteiger partial charge in [-0.15, -0.1) is 0 Å². The summed E-state index contributed by atoms with van der Waals surface area (Å²) < 4.78 is 5.41. The fourth-order valence-electron chi connectivity index (χ4n) is 2.90. The summed E-state index contributed by atoms with van der Waals surface area (Å²) in [5.41, 5.74) is 1.13. The van der Waals surface area contributed by atoms with Crippen LogP contribution in [0.1, 0.15) is 18.9 Å². The van der Waals surface area contributed by atoms with E-state index in [1.54, 1.807) is 7.11 Å². The van der Waals surface area contributed by atoms with Gasteiger partial charge in [0.05, 0.1) is 13.7 Å². The Balaban J connectivity index is 1.93. The van der Waals surface area contributed by atoms with Gasteiger partial charge in [0.15, 0.2) is 0 Å². The quantitative estimate of drug-likeness (QED) is 0.874. The SMILES string of the molecule is CCC(CO)N1CCN(Cc2cc(Cl)ccc2OC)CC1. The predicted molar refractivity (Wildman–Crippen MR) is 86.0 cm³/mol. The second kappa shape index (κ2) is 7.99. The first-order valence-corrected chi connectivity index (χ1v) is 7.95. The molecule has 0 saturated carbocycles. The van der Waals surface area contributed by atoms with E-state index in [2.05, 4.69) is 16.7 Å². The number of aliphatic hydroxyl groups is 1. The van der Waals surface area contributed by atoms with E-state index in [-0.39, 0.29) is 6.61 Å². The Morgan fingerprint density at radius 2 is 2.00 bits per heavy atom. The molecule has 1 unspecified atom stereocenters. The second-order valence-electron chi connectivity index (χ2n) is 5.51. The van der Waals surface area contributed by atoms with E-state index in [9.17, 15) is 5.11 Å². The average Bonchev–Trinajstić information content (AvgIpc) is 2.50. The lowest BCUT2D eigenvalue weighted by Gasteiger charge is -2.38. The molecule has 0 radical (unpaired) electrons. The molecule has 1 atom stereocenters. The van der Waals surface area contributed by atoms with Crippen molar-refractivity contribution in [3.8, 4) is 5.75 Å². The first-order valence-electron chi connectivity index (χ1n) is 7.57. The molecular formula is C16H25ClN2O2. The summed E-state index contributed by atoms with van der Waals surface area (Å²) in [4.78, 5) is 4.79. The van der Waals surface area contributed by atoms with Crippen molar-refractivity contribution in [1.29, 1.82) is 0 Å². The van der Waals surface area contributed by atoms with Crippen molar-refractivity contribution in [2.24, 2.45) is 0 Å². The number of benzene rings is 1. The lowest BCUT2D eigenvalue weighted by Crippen LogP contribution is -2.50. The first kappa shape index (κ1) is 16.6. The van der Waals surface area contributed by atoms with Crippen molar-refractivity contribution in [3.05, 3.63) is 28.8 Å². The van der Waals surface area contributed by atoms with Gasteiger partial charge in [-0.05, 0) is 24.6 Å². The van der Waals surface area contributed by atoms with Gasteiger partial charge < -0.3 is 9.84 Å². The van der Waals surface area contributed by atoms with Crippen molar-refractivity contribution in [1.82, 2.24) is 9.80 Å². The standard InChI is InChI=1S/C16H25ClN2O2/c1-3-15(12-20)19-8-6-18(7-9-19)11-13-10-14(17)4-5-16(13)21-2/h4-5,10,15,20H,3,6-9,11-12H2,1-2H3. The van der Waals surface area contributed by atoms with Crippen molar-refractivity contribution in [3.63, 3.8) is 0 Å². The third-order valence-corrected chi connectivity index (χ3v) is 4.48. The monoisotopic (exact) mass is 312 g/mol. The number of rotatable bonds is 6. The van der Waals surface area contributed by atoms with Gasteiger partial charge in [-0.25, -0.2) is 0 Å². The Bertz CT molecular complexity index is 444. The highest BCUT2D eigenvalue weighted by Gasteiger charge is 2.22.